The molecule has 0 spiro atoms. The zero-order valence-electron chi connectivity index (χ0n) is 13.8. The Morgan fingerprint density at radius 1 is 1.04 bits per heavy atom. The lowest BCUT2D eigenvalue weighted by molar-refractivity contribution is -0.133. The molecule has 0 aliphatic carbocycles. The van der Waals surface area contributed by atoms with Gasteiger partial charge < -0.3 is 4.90 Å². The predicted octanol–water partition coefficient (Wildman–Crippen LogP) is 2.42. The highest BCUT2D eigenvalue weighted by molar-refractivity contribution is 7.89. The molecular formula is C18H19FN2O3S. The highest BCUT2D eigenvalue weighted by Gasteiger charge is 2.35. The Balaban J connectivity index is 1.92. The summed E-state index contributed by atoms with van der Waals surface area (Å²) in [4.78, 5) is 13.7. The minimum absolute atomic E-state index is 0.0528. The Bertz CT molecular complexity index is 854. The van der Waals surface area contributed by atoms with Crippen molar-refractivity contribution >= 4 is 15.9 Å². The molecule has 0 aromatic heterocycles. The van der Waals surface area contributed by atoms with Crippen molar-refractivity contribution in [2.24, 2.45) is 0 Å². The molecule has 1 atom stereocenters. The first-order chi connectivity index (χ1) is 11.9. The fraction of sp³-hybridized carbons (Fsp3) is 0.278. The van der Waals surface area contributed by atoms with E-state index >= 15 is 0 Å². The fourth-order valence-electron chi connectivity index (χ4n) is 3.07. The van der Waals surface area contributed by atoms with Crippen LogP contribution in [0.15, 0.2) is 59.5 Å². The van der Waals surface area contributed by atoms with Crippen LogP contribution in [-0.4, -0.2) is 43.2 Å². The number of benzene rings is 2. The van der Waals surface area contributed by atoms with Gasteiger partial charge in [0.2, 0.25) is 15.9 Å². The number of sulfonamides is 1. The lowest BCUT2D eigenvalue weighted by Crippen LogP contribution is -2.51. The van der Waals surface area contributed by atoms with Gasteiger partial charge in [0.05, 0.1) is 10.9 Å². The molecule has 0 saturated carbocycles. The molecule has 25 heavy (non-hydrogen) atoms. The van der Waals surface area contributed by atoms with E-state index in [4.69, 9.17) is 0 Å². The van der Waals surface area contributed by atoms with Crippen molar-refractivity contribution in [3.05, 3.63) is 66.0 Å². The third kappa shape index (κ3) is 3.57. The van der Waals surface area contributed by atoms with Crippen LogP contribution in [0.4, 0.5) is 4.39 Å². The van der Waals surface area contributed by atoms with Gasteiger partial charge in [-0.2, -0.15) is 4.31 Å². The lowest BCUT2D eigenvalue weighted by atomic mass is 10.0. The second-order valence-electron chi connectivity index (χ2n) is 5.96. The van der Waals surface area contributed by atoms with Crippen LogP contribution in [0.5, 0.6) is 0 Å². The maximum Gasteiger partial charge on any atom is 0.243 e. The van der Waals surface area contributed by atoms with Crippen LogP contribution < -0.4 is 0 Å². The normalized spacial score (nSPS) is 19.0. The van der Waals surface area contributed by atoms with E-state index in [0.29, 0.717) is 6.54 Å². The van der Waals surface area contributed by atoms with E-state index in [0.717, 1.165) is 17.7 Å². The molecule has 1 unspecified atom stereocenters. The van der Waals surface area contributed by atoms with Gasteiger partial charge >= 0.3 is 0 Å². The Labute approximate surface area is 146 Å². The smallest absolute Gasteiger partial charge is 0.243 e. The number of carbonyl (C=O) groups is 1. The molecule has 7 heteroatoms. The minimum atomic E-state index is -3.74. The van der Waals surface area contributed by atoms with E-state index in [9.17, 15) is 17.6 Å². The van der Waals surface area contributed by atoms with Crippen molar-refractivity contribution in [2.45, 2.75) is 17.9 Å². The summed E-state index contributed by atoms with van der Waals surface area (Å²) >= 11 is 0. The Morgan fingerprint density at radius 2 is 1.68 bits per heavy atom. The van der Waals surface area contributed by atoms with Crippen molar-refractivity contribution in [1.29, 1.82) is 0 Å². The Hall–Kier alpha value is -2.25. The third-order valence-electron chi connectivity index (χ3n) is 4.38. The summed E-state index contributed by atoms with van der Waals surface area (Å²) < 4.78 is 40.2. The zero-order chi connectivity index (χ0) is 18.0. The molecule has 3 rings (SSSR count). The van der Waals surface area contributed by atoms with E-state index < -0.39 is 15.8 Å². The third-order valence-corrected chi connectivity index (χ3v) is 6.26. The molecule has 0 radical (unpaired) electrons. The molecule has 132 valence electrons. The summed E-state index contributed by atoms with van der Waals surface area (Å²) in [5.74, 6) is -0.574. The van der Waals surface area contributed by atoms with E-state index in [2.05, 4.69) is 0 Å². The first-order valence-electron chi connectivity index (χ1n) is 7.97. The quantitative estimate of drug-likeness (QED) is 0.843. The summed E-state index contributed by atoms with van der Waals surface area (Å²) in [6, 6.07) is 13.8. The van der Waals surface area contributed by atoms with Gasteiger partial charge in [-0.25, -0.2) is 12.8 Å². The van der Waals surface area contributed by atoms with Gasteiger partial charge in [0, 0.05) is 26.6 Å². The van der Waals surface area contributed by atoms with Gasteiger partial charge in [-0.3, -0.25) is 4.79 Å². The maximum absolute atomic E-state index is 13.1. The molecular weight excluding hydrogens is 343 g/mol. The number of carbonyl (C=O) groups excluding carboxylic acids is 1. The topological polar surface area (TPSA) is 57.7 Å². The number of halogens is 1. The molecule has 0 bridgehead atoms. The number of rotatable bonds is 3. The molecule has 2 aromatic rings. The predicted molar refractivity (Wildman–Crippen MR) is 91.7 cm³/mol. The van der Waals surface area contributed by atoms with Crippen LogP contribution in [-0.2, 0) is 14.8 Å². The first kappa shape index (κ1) is 17.6. The van der Waals surface area contributed by atoms with Crippen molar-refractivity contribution in [3.8, 4) is 0 Å². The molecule has 1 aliphatic rings. The van der Waals surface area contributed by atoms with Gasteiger partial charge in [0.1, 0.15) is 5.82 Å². The molecule has 1 fully saturated rings. The number of hydrogen-bond acceptors (Lipinski definition) is 3. The number of hydrogen-bond donors (Lipinski definition) is 0. The van der Waals surface area contributed by atoms with Gasteiger partial charge in [0.25, 0.3) is 0 Å². The highest BCUT2D eigenvalue weighted by Crippen LogP contribution is 2.29. The SMILES string of the molecule is CC(=O)N1CCN(S(=O)(=O)c2ccc(F)cc2)CC1c1ccccc1. The molecule has 1 heterocycles. The van der Waals surface area contributed by atoms with E-state index in [1.165, 1.54) is 23.4 Å². The summed E-state index contributed by atoms with van der Waals surface area (Å²) in [7, 11) is -3.74. The minimum Gasteiger partial charge on any atom is -0.333 e. The average Bonchev–Trinajstić information content (AvgIpc) is 2.62. The summed E-state index contributed by atoms with van der Waals surface area (Å²) in [5.41, 5.74) is 0.886. The van der Waals surface area contributed by atoms with Crippen LogP contribution in [0.1, 0.15) is 18.5 Å². The van der Waals surface area contributed by atoms with Crippen molar-refractivity contribution in [1.82, 2.24) is 9.21 Å². The van der Waals surface area contributed by atoms with E-state index in [1.54, 1.807) is 4.90 Å². The molecule has 1 amide bonds. The van der Waals surface area contributed by atoms with Crippen LogP contribution in [0, 0.1) is 5.82 Å². The second kappa shape index (κ2) is 6.93. The largest absolute Gasteiger partial charge is 0.333 e. The van der Waals surface area contributed by atoms with Gasteiger partial charge in [-0.15, -0.1) is 0 Å². The molecule has 1 saturated heterocycles. The molecule has 2 aromatic carbocycles. The zero-order valence-corrected chi connectivity index (χ0v) is 14.6. The molecule has 1 aliphatic heterocycles. The van der Waals surface area contributed by atoms with Crippen LogP contribution >= 0.6 is 0 Å². The highest BCUT2D eigenvalue weighted by atomic mass is 32.2. The lowest BCUT2D eigenvalue weighted by Gasteiger charge is -2.40. The van der Waals surface area contributed by atoms with E-state index in [-0.39, 0.29) is 29.9 Å². The monoisotopic (exact) mass is 362 g/mol. The van der Waals surface area contributed by atoms with Crippen LogP contribution in [0.3, 0.4) is 0 Å². The van der Waals surface area contributed by atoms with Crippen molar-refractivity contribution < 1.29 is 17.6 Å². The molecule has 5 nitrogen and oxygen atoms in total. The summed E-state index contributed by atoms with van der Waals surface area (Å²) in [6.45, 7) is 2.18. The number of nitrogens with zero attached hydrogens (tertiary/aromatic N) is 2. The Morgan fingerprint density at radius 3 is 2.28 bits per heavy atom. The maximum atomic E-state index is 13.1. The fourth-order valence-corrected chi connectivity index (χ4v) is 4.51. The number of piperazine rings is 1. The van der Waals surface area contributed by atoms with Gasteiger partial charge in [-0.1, -0.05) is 30.3 Å². The second-order valence-corrected chi connectivity index (χ2v) is 7.89. The van der Waals surface area contributed by atoms with Crippen LogP contribution in [0.2, 0.25) is 0 Å². The van der Waals surface area contributed by atoms with Gasteiger partial charge in [-0.05, 0) is 29.8 Å². The molecule has 0 N–H and O–H groups in total. The summed E-state index contributed by atoms with van der Waals surface area (Å²) in [5, 5.41) is 0. The van der Waals surface area contributed by atoms with Crippen molar-refractivity contribution in [3.63, 3.8) is 0 Å². The standard InChI is InChI=1S/C18H19FN2O3S/c1-14(22)21-12-11-20(13-18(21)15-5-3-2-4-6-15)25(23,24)17-9-7-16(19)8-10-17/h2-10,18H,11-13H2,1H3. The first-order valence-corrected chi connectivity index (χ1v) is 9.41. The average molecular weight is 362 g/mol. The Kier molecular flexibility index (Phi) is 4.87. The van der Waals surface area contributed by atoms with E-state index in [1.807, 2.05) is 30.3 Å². The van der Waals surface area contributed by atoms with Gasteiger partial charge in [0.15, 0.2) is 0 Å². The van der Waals surface area contributed by atoms with Crippen molar-refractivity contribution in [2.75, 3.05) is 19.6 Å². The summed E-state index contributed by atoms with van der Waals surface area (Å²) in [6.07, 6.45) is 0. The number of amides is 1. The van der Waals surface area contributed by atoms with Crippen LogP contribution in [0.25, 0.3) is 0 Å².